The lowest BCUT2D eigenvalue weighted by atomic mass is 10.2. The van der Waals surface area contributed by atoms with Crippen molar-refractivity contribution in [2.75, 3.05) is 44.7 Å². The van der Waals surface area contributed by atoms with E-state index in [4.69, 9.17) is 5.26 Å². The molecule has 0 amide bonds. The van der Waals surface area contributed by atoms with Gasteiger partial charge in [-0.3, -0.25) is 0 Å². The number of thiazole rings is 1. The van der Waals surface area contributed by atoms with E-state index in [-0.39, 0.29) is 12.5 Å². The minimum absolute atomic E-state index is 0.214. The molecular formula is C13H21N5O2S2. The fourth-order valence-electron chi connectivity index (χ4n) is 2.41. The average Bonchev–Trinajstić information content (AvgIpc) is 2.91. The Hall–Kier alpha value is -1.21. The van der Waals surface area contributed by atoms with Gasteiger partial charge < -0.3 is 4.90 Å². The smallest absolute Gasteiger partial charge is 0.281 e. The standard InChI is InChI=1S/C13H21N5O2S2/c1-12(10-14)11-16(2)22(19,20)18-6-3-5-17(7-8-18)13-15-4-9-21-13/h4,9,12H,3,5-8,11H2,1-2H3. The Morgan fingerprint density at radius 2 is 2.23 bits per heavy atom. The van der Waals surface area contributed by atoms with Crippen LogP contribution >= 0.6 is 11.3 Å². The van der Waals surface area contributed by atoms with E-state index < -0.39 is 10.2 Å². The number of hydrogen-bond acceptors (Lipinski definition) is 6. The second kappa shape index (κ2) is 7.37. The van der Waals surface area contributed by atoms with E-state index in [2.05, 4.69) is 16.0 Å². The average molecular weight is 343 g/mol. The summed E-state index contributed by atoms with van der Waals surface area (Å²) < 4.78 is 28.0. The summed E-state index contributed by atoms with van der Waals surface area (Å²) in [5.74, 6) is -0.321. The Balaban J connectivity index is 2.02. The van der Waals surface area contributed by atoms with Crippen LogP contribution in [-0.4, -0.2) is 61.8 Å². The van der Waals surface area contributed by atoms with Crippen LogP contribution in [0.5, 0.6) is 0 Å². The molecule has 0 spiro atoms. The number of rotatable bonds is 5. The highest BCUT2D eigenvalue weighted by molar-refractivity contribution is 7.86. The summed E-state index contributed by atoms with van der Waals surface area (Å²) in [5.41, 5.74) is 0. The summed E-state index contributed by atoms with van der Waals surface area (Å²) in [5, 5.41) is 11.7. The molecule has 2 heterocycles. The second-order valence-electron chi connectivity index (χ2n) is 5.37. The third-order valence-electron chi connectivity index (χ3n) is 3.62. The first kappa shape index (κ1) is 17.1. The predicted molar refractivity (Wildman–Crippen MR) is 86.8 cm³/mol. The van der Waals surface area contributed by atoms with Gasteiger partial charge >= 0.3 is 0 Å². The SMILES string of the molecule is CC(C#N)CN(C)S(=O)(=O)N1CCCN(c2nccs2)CC1. The van der Waals surface area contributed by atoms with Gasteiger partial charge in [-0.25, -0.2) is 4.98 Å². The van der Waals surface area contributed by atoms with E-state index in [0.717, 1.165) is 18.1 Å². The van der Waals surface area contributed by atoms with Crippen molar-refractivity contribution in [1.29, 1.82) is 5.26 Å². The lowest BCUT2D eigenvalue weighted by molar-refractivity contribution is 0.360. The number of nitrogens with zero attached hydrogens (tertiary/aromatic N) is 5. The number of aromatic nitrogens is 1. The zero-order valence-corrected chi connectivity index (χ0v) is 14.5. The van der Waals surface area contributed by atoms with E-state index in [0.29, 0.717) is 19.6 Å². The minimum atomic E-state index is -3.51. The Morgan fingerprint density at radius 1 is 1.45 bits per heavy atom. The third-order valence-corrected chi connectivity index (χ3v) is 6.40. The molecule has 22 heavy (non-hydrogen) atoms. The summed E-state index contributed by atoms with van der Waals surface area (Å²) in [4.78, 5) is 6.41. The van der Waals surface area contributed by atoms with Crippen LogP contribution in [0.2, 0.25) is 0 Å². The van der Waals surface area contributed by atoms with Gasteiger partial charge in [0.1, 0.15) is 0 Å². The predicted octanol–water partition coefficient (Wildman–Crippen LogP) is 0.991. The van der Waals surface area contributed by atoms with Gasteiger partial charge in [0.25, 0.3) is 10.2 Å². The van der Waals surface area contributed by atoms with Crippen LogP contribution in [0.1, 0.15) is 13.3 Å². The van der Waals surface area contributed by atoms with Gasteiger partial charge in [-0.05, 0) is 13.3 Å². The quantitative estimate of drug-likeness (QED) is 0.796. The maximum Gasteiger partial charge on any atom is 0.281 e. The topological polar surface area (TPSA) is 80.5 Å². The van der Waals surface area contributed by atoms with Crippen molar-refractivity contribution in [1.82, 2.24) is 13.6 Å². The molecule has 1 aromatic rings. The second-order valence-corrected chi connectivity index (χ2v) is 8.28. The van der Waals surface area contributed by atoms with E-state index in [1.165, 1.54) is 15.7 Å². The molecule has 7 nitrogen and oxygen atoms in total. The minimum Gasteiger partial charge on any atom is -0.347 e. The number of nitriles is 1. The van der Waals surface area contributed by atoms with Crippen LogP contribution < -0.4 is 4.90 Å². The van der Waals surface area contributed by atoms with Crippen LogP contribution in [0, 0.1) is 17.2 Å². The van der Waals surface area contributed by atoms with Crippen molar-refractivity contribution < 1.29 is 8.42 Å². The largest absolute Gasteiger partial charge is 0.347 e. The van der Waals surface area contributed by atoms with Crippen LogP contribution in [-0.2, 0) is 10.2 Å². The number of anilines is 1. The molecule has 122 valence electrons. The summed E-state index contributed by atoms with van der Waals surface area (Å²) in [7, 11) is -1.98. The zero-order chi connectivity index (χ0) is 16.2. The summed E-state index contributed by atoms with van der Waals surface area (Å²) in [6, 6.07) is 2.07. The monoisotopic (exact) mass is 343 g/mol. The molecule has 0 aromatic carbocycles. The van der Waals surface area contributed by atoms with Crippen LogP contribution in [0.3, 0.4) is 0 Å². The molecule has 0 bridgehead atoms. The van der Waals surface area contributed by atoms with E-state index in [9.17, 15) is 8.42 Å². The maximum absolute atomic E-state index is 12.6. The molecule has 1 atom stereocenters. The van der Waals surface area contributed by atoms with Crippen LogP contribution in [0.25, 0.3) is 0 Å². The molecule has 9 heteroatoms. The first-order chi connectivity index (χ1) is 10.4. The lowest BCUT2D eigenvalue weighted by Crippen LogP contribution is -2.44. The van der Waals surface area contributed by atoms with Crippen molar-refractivity contribution in [3.63, 3.8) is 0 Å². The zero-order valence-electron chi connectivity index (χ0n) is 12.8. The Kier molecular flexibility index (Phi) is 5.74. The fraction of sp³-hybridized carbons (Fsp3) is 0.692. The third kappa shape index (κ3) is 3.95. The Morgan fingerprint density at radius 3 is 2.86 bits per heavy atom. The van der Waals surface area contributed by atoms with Crippen molar-refractivity contribution in [2.24, 2.45) is 5.92 Å². The highest BCUT2D eigenvalue weighted by Crippen LogP contribution is 2.20. The fourth-order valence-corrected chi connectivity index (χ4v) is 4.58. The Labute approximate surface area is 136 Å². The summed E-state index contributed by atoms with van der Waals surface area (Å²) >= 11 is 1.57. The van der Waals surface area contributed by atoms with Gasteiger partial charge in [0.2, 0.25) is 0 Å². The highest BCUT2D eigenvalue weighted by Gasteiger charge is 2.30. The molecule has 2 rings (SSSR count). The van der Waals surface area contributed by atoms with Gasteiger partial charge in [-0.1, -0.05) is 0 Å². The molecule has 1 fully saturated rings. The van der Waals surface area contributed by atoms with Gasteiger partial charge in [0.15, 0.2) is 5.13 Å². The van der Waals surface area contributed by atoms with Gasteiger partial charge in [0.05, 0.1) is 12.0 Å². The van der Waals surface area contributed by atoms with Gasteiger partial charge in [0, 0.05) is 51.3 Å². The van der Waals surface area contributed by atoms with Crippen LogP contribution in [0.4, 0.5) is 5.13 Å². The van der Waals surface area contributed by atoms with Crippen molar-refractivity contribution in [3.8, 4) is 6.07 Å². The maximum atomic E-state index is 12.6. The van der Waals surface area contributed by atoms with Gasteiger partial charge in [-0.15, -0.1) is 11.3 Å². The van der Waals surface area contributed by atoms with Crippen molar-refractivity contribution in [2.45, 2.75) is 13.3 Å². The molecular weight excluding hydrogens is 322 g/mol. The normalized spacial score (nSPS) is 18.9. The lowest BCUT2D eigenvalue weighted by Gasteiger charge is -2.27. The van der Waals surface area contributed by atoms with E-state index in [1.54, 1.807) is 24.5 Å². The molecule has 1 aromatic heterocycles. The molecule has 0 N–H and O–H groups in total. The summed E-state index contributed by atoms with van der Waals surface area (Å²) in [6.07, 6.45) is 2.52. The molecule has 1 aliphatic rings. The Bertz CT molecular complexity index is 611. The highest BCUT2D eigenvalue weighted by atomic mass is 32.2. The molecule has 1 unspecified atom stereocenters. The first-order valence-corrected chi connectivity index (χ1v) is 9.48. The molecule has 0 radical (unpaired) electrons. The van der Waals surface area contributed by atoms with E-state index in [1.807, 2.05) is 5.38 Å². The molecule has 1 saturated heterocycles. The number of hydrogen-bond donors (Lipinski definition) is 0. The molecule has 0 saturated carbocycles. The first-order valence-electron chi connectivity index (χ1n) is 7.20. The summed E-state index contributed by atoms with van der Waals surface area (Å²) in [6.45, 7) is 4.30. The van der Waals surface area contributed by atoms with Gasteiger partial charge in [-0.2, -0.15) is 22.3 Å². The molecule has 1 aliphatic heterocycles. The van der Waals surface area contributed by atoms with Crippen LogP contribution in [0.15, 0.2) is 11.6 Å². The van der Waals surface area contributed by atoms with Crippen molar-refractivity contribution in [3.05, 3.63) is 11.6 Å². The van der Waals surface area contributed by atoms with Crippen molar-refractivity contribution >= 4 is 26.7 Å². The van der Waals surface area contributed by atoms with E-state index >= 15 is 0 Å². The molecule has 0 aliphatic carbocycles.